The van der Waals surface area contributed by atoms with E-state index in [0.29, 0.717) is 12.2 Å². The van der Waals surface area contributed by atoms with Gasteiger partial charge in [0.15, 0.2) is 5.69 Å². The van der Waals surface area contributed by atoms with Gasteiger partial charge in [0.05, 0.1) is 11.0 Å². The van der Waals surface area contributed by atoms with Gasteiger partial charge in [0.1, 0.15) is 5.82 Å². The van der Waals surface area contributed by atoms with E-state index in [9.17, 15) is 15.2 Å². The van der Waals surface area contributed by atoms with Crippen LogP contribution in [0.15, 0.2) is 42.5 Å². The fraction of sp³-hybridized carbons (Fsp3) is 0.421. The van der Waals surface area contributed by atoms with E-state index in [0.717, 1.165) is 31.0 Å². The molecular formula is C19H24N4O3. The Balaban J connectivity index is 1.89. The number of pyridine rings is 1. The van der Waals surface area contributed by atoms with Gasteiger partial charge in [-0.15, -0.1) is 0 Å². The Hall–Kier alpha value is -2.51. The Kier molecular flexibility index (Phi) is 5.49. The second-order valence-corrected chi connectivity index (χ2v) is 6.81. The largest absolute Gasteiger partial charge is 0.392 e. The van der Waals surface area contributed by atoms with Gasteiger partial charge in [-0.2, -0.15) is 0 Å². The average molecular weight is 356 g/mol. The molecular weight excluding hydrogens is 332 g/mol. The van der Waals surface area contributed by atoms with Crippen molar-refractivity contribution in [2.45, 2.75) is 26.0 Å². The number of aliphatic hydroxyl groups is 1. The molecule has 1 aliphatic rings. The summed E-state index contributed by atoms with van der Waals surface area (Å²) in [7, 11) is 0. The molecule has 1 saturated heterocycles. The summed E-state index contributed by atoms with van der Waals surface area (Å²) in [4.78, 5) is 20.1. The highest BCUT2D eigenvalue weighted by atomic mass is 16.6. The van der Waals surface area contributed by atoms with Gasteiger partial charge in [0.25, 0.3) is 5.69 Å². The molecule has 2 atom stereocenters. The van der Waals surface area contributed by atoms with Crippen molar-refractivity contribution in [3.8, 4) is 11.3 Å². The second kappa shape index (κ2) is 7.80. The molecule has 7 nitrogen and oxygen atoms in total. The molecule has 7 heteroatoms. The predicted octanol–water partition coefficient (Wildman–Crippen LogP) is 2.55. The first-order valence-corrected chi connectivity index (χ1v) is 8.83. The minimum Gasteiger partial charge on any atom is -0.392 e. The van der Waals surface area contributed by atoms with E-state index in [1.807, 2.05) is 30.3 Å². The van der Waals surface area contributed by atoms with E-state index in [2.05, 4.69) is 21.7 Å². The first kappa shape index (κ1) is 18.3. The highest BCUT2D eigenvalue weighted by Gasteiger charge is 2.27. The van der Waals surface area contributed by atoms with Crippen molar-refractivity contribution < 1.29 is 10.0 Å². The number of aromatic nitrogens is 1. The lowest BCUT2D eigenvalue weighted by Gasteiger charge is -2.41. The lowest BCUT2D eigenvalue weighted by molar-refractivity contribution is -0.384. The number of hydrogen-bond donors (Lipinski definition) is 1. The molecule has 1 aromatic carbocycles. The van der Waals surface area contributed by atoms with Gasteiger partial charge in [-0.3, -0.25) is 15.0 Å². The number of nitro groups is 1. The monoisotopic (exact) mass is 356 g/mol. The lowest BCUT2D eigenvalue weighted by atomic mass is 10.1. The van der Waals surface area contributed by atoms with Crippen molar-refractivity contribution in [2.75, 3.05) is 31.1 Å². The highest BCUT2D eigenvalue weighted by Crippen LogP contribution is 2.31. The van der Waals surface area contributed by atoms with Crippen LogP contribution in [-0.4, -0.2) is 58.2 Å². The molecule has 1 aliphatic heterocycles. The number of rotatable bonds is 5. The summed E-state index contributed by atoms with van der Waals surface area (Å²) in [6.07, 6.45) is -0.351. The third-order valence-electron chi connectivity index (χ3n) is 4.63. The number of piperazine rings is 1. The van der Waals surface area contributed by atoms with Crippen molar-refractivity contribution in [3.63, 3.8) is 0 Å². The molecule has 0 saturated carbocycles. The minimum absolute atomic E-state index is 0.0142. The molecule has 0 amide bonds. The molecule has 2 aromatic rings. The lowest BCUT2D eigenvalue weighted by Crippen LogP contribution is -2.53. The van der Waals surface area contributed by atoms with E-state index in [1.165, 1.54) is 0 Å². The van der Waals surface area contributed by atoms with E-state index in [-0.39, 0.29) is 22.8 Å². The summed E-state index contributed by atoms with van der Waals surface area (Å²) in [5, 5.41) is 21.0. The van der Waals surface area contributed by atoms with Crippen molar-refractivity contribution in [3.05, 3.63) is 52.6 Å². The Morgan fingerprint density at radius 3 is 2.62 bits per heavy atom. The number of nitrogens with zero attached hydrogens (tertiary/aromatic N) is 4. The van der Waals surface area contributed by atoms with Gasteiger partial charge < -0.3 is 10.0 Å². The summed E-state index contributed by atoms with van der Waals surface area (Å²) in [5.41, 5.74) is 1.15. The molecule has 1 N–H and O–H groups in total. The topological polar surface area (TPSA) is 82.7 Å². The van der Waals surface area contributed by atoms with Crippen molar-refractivity contribution in [1.82, 2.24) is 9.88 Å². The number of β-amino-alcohol motifs (C(OH)–C–C–N with tert-alkyl or cyclic N) is 1. The van der Waals surface area contributed by atoms with E-state index in [4.69, 9.17) is 0 Å². The standard InChI is InChI=1S/C19H24N4O3/c1-14-12-21(13-15(2)24)10-11-22(14)18-9-8-17(23(25)26)19(20-18)16-6-4-3-5-7-16/h3-9,14-15,24H,10-13H2,1-2H3. The molecule has 1 fully saturated rings. The van der Waals surface area contributed by atoms with Crippen LogP contribution in [-0.2, 0) is 0 Å². The van der Waals surface area contributed by atoms with Crippen LogP contribution in [0.4, 0.5) is 11.5 Å². The van der Waals surface area contributed by atoms with Gasteiger partial charge in [-0.1, -0.05) is 30.3 Å². The molecule has 0 radical (unpaired) electrons. The fourth-order valence-electron chi connectivity index (χ4n) is 3.47. The van der Waals surface area contributed by atoms with Gasteiger partial charge in [0.2, 0.25) is 0 Å². The molecule has 0 aliphatic carbocycles. The molecule has 3 rings (SSSR count). The Morgan fingerprint density at radius 2 is 2.00 bits per heavy atom. The van der Waals surface area contributed by atoms with Gasteiger partial charge in [0, 0.05) is 43.9 Å². The van der Waals surface area contributed by atoms with Crippen LogP contribution in [0.1, 0.15) is 13.8 Å². The molecule has 26 heavy (non-hydrogen) atoms. The first-order valence-electron chi connectivity index (χ1n) is 8.83. The molecule has 138 valence electrons. The zero-order chi connectivity index (χ0) is 18.7. The number of anilines is 1. The Morgan fingerprint density at radius 1 is 1.27 bits per heavy atom. The summed E-state index contributed by atoms with van der Waals surface area (Å²) >= 11 is 0. The Labute approximate surface area is 153 Å². The normalized spacial score (nSPS) is 19.3. The van der Waals surface area contributed by atoms with E-state index in [1.54, 1.807) is 19.1 Å². The number of aliphatic hydroxyl groups excluding tert-OH is 1. The average Bonchev–Trinajstić information content (AvgIpc) is 2.61. The smallest absolute Gasteiger partial charge is 0.295 e. The van der Waals surface area contributed by atoms with Crippen LogP contribution in [0.25, 0.3) is 11.3 Å². The maximum Gasteiger partial charge on any atom is 0.295 e. The van der Waals surface area contributed by atoms with Crippen LogP contribution in [0.5, 0.6) is 0 Å². The number of hydrogen-bond acceptors (Lipinski definition) is 6. The quantitative estimate of drug-likeness (QED) is 0.655. The molecule has 0 bridgehead atoms. The third kappa shape index (κ3) is 4.00. The van der Waals surface area contributed by atoms with E-state index >= 15 is 0 Å². The van der Waals surface area contributed by atoms with Crippen molar-refractivity contribution in [1.29, 1.82) is 0 Å². The zero-order valence-corrected chi connectivity index (χ0v) is 15.1. The summed E-state index contributed by atoms with van der Waals surface area (Å²) in [6.45, 7) is 6.98. The number of benzene rings is 1. The summed E-state index contributed by atoms with van der Waals surface area (Å²) in [5.74, 6) is 0.749. The summed E-state index contributed by atoms with van der Waals surface area (Å²) in [6, 6.07) is 12.7. The Bertz CT molecular complexity index is 767. The third-order valence-corrected chi connectivity index (χ3v) is 4.63. The van der Waals surface area contributed by atoms with Crippen LogP contribution in [0.3, 0.4) is 0 Å². The molecule has 2 unspecified atom stereocenters. The van der Waals surface area contributed by atoms with Gasteiger partial charge >= 0.3 is 0 Å². The van der Waals surface area contributed by atoms with E-state index < -0.39 is 0 Å². The first-order chi connectivity index (χ1) is 12.5. The fourth-order valence-corrected chi connectivity index (χ4v) is 3.47. The zero-order valence-electron chi connectivity index (χ0n) is 15.1. The molecule has 1 aromatic heterocycles. The maximum absolute atomic E-state index is 11.4. The molecule has 2 heterocycles. The van der Waals surface area contributed by atoms with Crippen molar-refractivity contribution >= 4 is 11.5 Å². The van der Waals surface area contributed by atoms with Crippen LogP contribution in [0.2, 0.25) is 0 Å². The SMILES string of the molecule is CC(O)CN1CCN(c2ccc([N+](=O)[O-])c(-c3ccccc3)n2)C(C)C1. The van der Waals surface area contributed by atoms with Crippen LogP contribution >= 0.6 is 0 Å². The maximum atomic E-state index is 11.4. The van der Waals surface area contributed by atoms with Crippen molar-refractivity contribution in [2.24, 2.45) is 0 Å². The summed E-state index contributed by atoms with van der Waals surface area (Å²) < 4.78 is 0. The van der Waals surface area contributed by atoms with Gasteiger partial charge in [-0.05, 0) is 19.9 Å². The second-order valence-electron chi connectivity index (χ2n) is 6.81. The highest BCUT2D eigenvalue weighted by molar-refractivity contribution is 5.71. The predicted molar refractivity (Wildman–Crippen MR) is 101 cm³/mol. The minimum atomic E-state index is -0.386. The van der Waals surface area contributed by atoms with Crippen LogP contribution in [0, 0.1) is 10.1 Å². The van der Waals surface area contributed by atoms with Gasteiger partial charge in [-0.25, -0.2) is 4.98 Å². The molecule has 0 spiro atoms. The van der Waals surface area contributed by atoms with Crippen LogP contribution < -0.4 is 4.90 Å².